The highest BCUT2D eigenvalue weighted by Crippen LogP contribution is 2.32. The van der Waals surface area contributed by atoms with Crippen LogP contribution >= 0.6 is 0 Å². The third-order valence-electron chi connectivity index (χ3n) is 6.42. The van der Waals surface area contributed by atoms with Crippen LogP contribution in [-0.2, 0) is 19.0 Å². The highest BCUT2D eigenvalue weighted by molar-refractivity contribution is 5.90. The zero-order valence-corrected chi connectivity index (χ0v) is 22.9. The summed E-state index contributed by atoms with van der Waals surface area (Å²) in [4.78, 5) is 31.4. The minimum Gasteiger partial charge on any atom is -0.342 e. The zero-order valence-electron chi connectivity index (χ0n) is 22.9. The van der Waals surface area contributed by atoms with E-state index in [1.165, 1.54) is 11.2 Å². The fourth-order valence-electron chi connectivity index (χ4n) is 4.50. The largest absolute Gasteiger partial charge is 0.401 e. The van der Waals surface area contributed by atoms with Crippen LogP contribution in [0.5, 0.6) is 0 Å². The van der Waals surface area contributed by atoms with Gasteiger partial charge in [-0.2, -0.15) is 28.2 Å². The van der Waals surface area contributed by atoms with E-state index in [2.05, 4.69) is 40.8 Å². The van der Waals surface area contributed by atoms with Crippen LogP contribution in [0.4, 0.5) is 24.8 Å². The van der Waals surface area contributed by atoms with Gasteiger partial charge in [0.15, 0.2) is 5.82 Å². The van der Waals surface area contributed by atoms with Gasteiger partial charge < -0.3 is 15.2 Å². The lowest BCUT2D eigenvalue weighted by Crippen LogP contribution is -2.35. The van der Waals surface area contributed by atoms with Gasteiger partial charge in [-0.3, -0.25) is 14.4 Å². The second kappa shape index (κ2) is 10.9. The number of benzene rings is 1. The fourth-order valence-corrected chi connectivity index (χ4v) is 4.50. The van der Waals surface area contributed by atoms with Crippen LogP contribution in [0.15, 0.2) is 41.4 Å². The lowest BCUT2D eigenvalue weighted by molar-refractivity contribution is -0.147. The predicted octanol–water partition coefficient (Wildman–Crippen LogP) is 3.94. The molecule has 216 valence electrons. The second-order valence-electron chi connectivity index (χ2n) is 10.9. The summed E-state index contributed by atoms with van der Waals surface area (Å²) in [5.41, 5.74) is 2.13. The number of fused-ring (bicyclic) bond motifs is 1. The Balaban J connectivity index is 1.43. The Bertz CT molecular complexity index is 1540. The summed E-state index contributed by atoms with van der Waals surface area (Å²) in [5.74, 6) is 0.222. The molecule has 0 aliphatic carbocycles. The molecule has 41 heavy (non-hydrogen) atoms. The molecule has 4 heterocycles. The van der Waals surface area contributed by atoms with Gasteiger partial charge in [-0.05, 0) is 23.6 Å². The van der Waals surface area contributed by atoms with Gasteiger partial charge in [0.1, 0.15) is 6.33 Å². The zero-order chi connectivity index (χ0) is 29.4. The number of carbonyl (C=O) groups excluding carboxylic acids is 1. The molecule has 1 atom stereocenters. The van der Waals surface area contributed by atoms with Crippen molar-refractivity contribution in [3.63, 3.8) is 0 Å². The minimum absolute atomic E-state index is 0.0251. The average Bonchev–Trinajstić information content (AvgIpc) is 3.52. The minimum atomic E-state index is -4.38. The molecule has 1 amide bonds. The number of rotatable bonds is 6. The molecule has 0 spiro atoms. The van der Waals surface area contributed by atoms with Crippen LogP contribution in [0.1, 0.15) is 60.9 Å². The Labute approximate surface area is 233 Å². The molecule has 3 aromatic heterocycles. The summed E-state index contributed by atoms with van der Waals surface area (Å²) in [6, 6.07) is 4.72. The molecule has 2 N–H and O–H groups in total. The first-order valence-corrected chi connectivity index (χ1v) is 12.9. The summed E-state index contributed by atoms with van der Waals surface area (Å²) in [6.07, 6.45) is 0.601. The van der Waals surface area contributed by atoms with E-state index < -0.39 is 30.1 Å². The number of alkyl halides is 3. The van der Waals surface area contributed by atoms with Crippen LogP contribution in [0, 0.1) is 0 Å². The van der Waals surface area contributed by atoms with Gasteiger partial charge in [-0.1, -0.05) is 38.1 Å². The van der Waals surface area contributed by atoms with Gasteiger partial charge in [-0.15, -0.1) is 0 Å². The van der Waals surface area contributed by atoms with E-state index in [0.717, 1.165) is 0 Å². The van der Waals surface area contributed by atoms with Crippen molar-refractivity contribution in [3.8, 4) is 11.4 Å². The number of nitrogens with zero attached hydrogens (tertiary/aromatic N) is 8. The second-order valence-corrected chi connectivity index (χ2v) is 10.9. The monoisotopic (exact) mass is 570 g/mol. The first-order chi connectivity index (χ1) is 19.3. The molecule has 1 aromatic carbocycles. The number of anilines is 2. The van der Waals surface area contributed by atoms with Crippen LogP contribution in [0.2, 0.25) is 0 Å². The van der Waals surface area contributed by atoms with Crippen molar-refractivity contribution in [2.45, 2.75) is 51.4 Å². The molecule has 0 fully saturated rings. The number of hydrogen-bond acceptors (Lipinski definition) is 10. The summed E-state index contributed by atoms with van der Waals surface area (Å²) in [7, 11) is 1.78. The van der Waals surface area contributed by atoms with Gasteiger partial charge in [0, 0.05) is 37.3 Å². The Morgan fingerprint density at radius 2 is 1.98 bits per heavy atom. The van der Waals surface area contributed by atoms with E-state index in [1.807, 2.05) is 20.8 Å². The van der Waals surface area contributed by atoms with Crippen molar-refractivity contribution in [1.29, 1.82) is 0 Å². The third-order valence-corrected chi connectivity index (χ3v) is 6.42. The van der Waals surface area contributed by atoms with Gasteiger partial charge in [0.05, 0.1) is 24.5 Å². The van der Waals surface area contributed by atoms with Crippen LogP contribution < -0.4 is 10.6 Å². The average molecular weight is 571 g/mol. The number of amides is 1. The van der Waals surface area contributed by atoms with Crippen molar-refractivity contribution in [2.24, 2.45) is 7.05 Å². The summed E-state index contributed by atoms with van der Waals surface area (Å²) in [5, 5.41) is 13.8. The summed E-state index contributed by atoms with van der Waals surface area (Å²) < 4.78 is 47.0. The predicted molar refractivity (Wildman–Crippen MR) is 141 cm³/mol. The fraction of sp³-hybridized carbons (Fsp3) is 0.423. The van der Waals surface area contributed by atoms with Gasteiger partial charge in [0.25, 0.3) is 11.7 Å². The highest BCUT2D eigenvalue weighted by Gasteiger charge is 2.34. The molecular formula is C26H29F3N10O2. The lowest BCUT2D eigenvalue weighted by Gasteiger charge is -2.22. The first-order valence-electron chi connectivity index (χ1n) is 12.9. The van der Waals surface area contributed by atoms with Gasteiger partial charge in [0.2, 0.25) is 11.8 Å². The SMILES string of the molecule is Cn1cc(Nc2ncnc(-c3ccc4c(c3)CN(CC(F)(F)F)CCC4NC(=O)c3noc(C(C)(C)C)n3)n2)cn1. The van der Waals surface area contributed by atoms with Crippen molar-refractivity contribution < 1.29 is 22.5 Å². The number of carbonyl (C=O) groups is 1. The van der Waals surface area contributed by atoms with E-state index >= 15 is 0 Å². The van der Waals surface area contributed by atoms with E-state index in [9.17, 15) is 18.0 Å². The summed E-state index contributed by atoms with van der Waals surface area (Å²) in [6.45, 7) is 4.68. The Kier molecular flexibility index (Phi) is 7.46. The Morgan fingerprint density at radius 1 is 1.17 bits per heavy atom. The number of halogens is 3. The number of aryl methyl sites for hydroxylation is 1. The maximum Gasteiger partial charge on any atom is 0.401 e. The van der Waals surface area contributed by atoms with E-state index in [1.54, 1.807) is 42.3 Å². The van der Waals surface area contributed by atoms with E-state index in [4.69, 9.17) is 4.52 Å². The molecule has 4 aromatic rings. The maximum atomic E-state index is 13.4. The number of hydrogen-bond donors (Lipinski definition) is 2. The maximum absolute atomic E-state index is 13.4. The van der Waals surface area contributed by atoms with Crippen molar-refractivity contribution in [2.75, 3.05) is 18.4 Å². The number of aromatic nitrogens is 7. The molecule has 12 nitrogen and oxygen atoms in total. The molecular weight excluding hydrogens is 541 g/mol. The molecule has 1 unspecified atom stereocenters. The van der Waals surface area contributed by atoms with Crippen molar-refractivity contribution >= 4 is 17.5 Å². The third kappa shape index (κ3) is 6.85. The normalized spacial score (nSPS) is 16.2. The van der Waals surface area contributed by atoms with Crippen molar-refractivity contribution in [1.82, 2.24) is 45.1 Å². The molecule has 0 saturated heterocycles. The number of nitrogens with one attached hydrogen (secondary N) is 2. The van der Waals surface area contributed by atoms with E-state index in [0.29, 0.717) is 34.1 Å². The Hall–Kier alpha value is -4.40. The van der Waals surface area contributed by atoms with Crippen molar-refractivity contribution in [3.05, 3.63) is 59.8 Å². The van der Waals surface area contributed by atoms with Gasteiger partial charge in [-0.25, -0.2) is 9.97 Å². The molecule has 1 aliphatic rings. The molecule has 0 saturated carbocycles. The molecule has 0 radical (unpaired) electrons. The Morgan fingerprint density at radius 3 is 2.66 bits per heavy atom. The molecule has 5 rings (SSSR count). The topological polar surface area (TPSA) is 140 Å². The highest BCUT2D eigenvalue weighted by atomic mass is 19.4. The first kappa shape index (κ1) is 28.1. The molecule has 0 bridgehead atoms. The van der Waals surface area contributed by atoms with Crippen LogP contribution in [0.3, 0.4) is 0 Å². The molecule has 1 aliphatic heterocycles. The lowest BCUT2D eigenvalue weighted by atomic mass is 9.96. The van der Waals surface area contributed by atoms with E-state index in [-0.39, 0.29) is 31.3 Å². The molecule has 15 heteroatoms. The standard InChI is InChI=1S/C26H29F3N10O2/c1-25(2,3)23-35-21(37-41-23)22(40)34-19-7-8-39(13-26(27,28)29)11-16-9-15(5-6-18(16)19)20-30-14-31-24(36-20)33-17-10-32-38(4)12-17/h5-6,9-10,12,14,19H,7-8,11,13H2,1-4H3,(H,34,40)(H,30,31,33,36). The van der Waals surface area contributed by atoms with Gasteiger partial charge >= 0.3 is 6.18 Å². The summed E-state index contributed by atoms with van der Waals surface area (Å²) >= 11 is 0. The quantitative estimate of drug-likeness (QED) is 0.350. The van der Waals surface area contributed by atoms with Crippen LogP contribution in [0.25, 0.3) is 11.4 Å². The smallest absolute Gasteiger partial charge is 0.342 e. The van der Waals surface area contributed by atoms with Crippen LogP contribution in [-0.4, -0.2) is 64.9 Å².